The number of aromatic amines is 1. The van der Waals surface area contributed by atoms with Gasteiger partial charge in [-0.15, -0.1) is 0 Å². The third-order valence-electron chi connectivity index (χ3n) is 2.52. The molecule has 2 rings (SSSR count). The lowest BCUT2D eigenvalue weighted by molar-refractivity contribution is 0.553. The fraction of sp³-hybridized carbons (Fsp3) is 0.455. The first-order chi connectivity index (χ1) is 7.38. The van der Waals surface area contributed by atoms with Gasteiger partial charge in [0.2, 0.25) is 0 Å². The molecular weight excluding hydrogens is 202 g/mol. The van der Waals surface area contributed by atoms with Gasteiger partial charge in [-0.05, 0) is 6.07 Å². The predicted molar refractivity (Wildman–Crippen MR) is 63.9 cm³/mol. The molecule has 0 aliphatic rings. The summed E-state index contributed by atoms with van der Waals surface area (Å²) in [7, 11) is 1.92. The Morgan fingerprint density at radius 3 is 2.50 bits per heavy atom. The number of rotatable bonds is 1. The van der Waals surface area contributed by atoms with Crippen LogP contribution < -0.4 is 5.73 Å². The number of imidazole rings is 1. The van der Waals surface area contributed by atoms with Crippen molar-refractivity contribution in [2.75, 3.05) is 5.73 Å². The number of anilines is 1. The summed E-state index contributed by atoms with van der Waals surface area (Å²) in [6, 6.07) is 2.06. The van der Waals surface area contributed by atoms with Crippen LogP contribution in [0.5, 0.6) is 0 Å². The quantitative estimate of drug-likeness (QED) is 0.766. The molecule has 2 aromatic heterocycles. The molecule has 0 fully saturated rings. The monoisotopic (exact) mass is 219 g/mol. The Hall–Kier alpha value is -1.78. The van der Waals surface area contributed by atoms with Gasteiger partial charge in [0, 0.05) is 12.5 Å². The minimum Gasteiger partial charge on any atom is -0.369 e. The lowest BCUT2D eigenvalue weighted by Crippen LogP contribution is -2.12. The van der Waals surface area contributed by atoms with Gasteiger partial charge in [0.05, 0.1) is 23.3 Å². The van der Waals surface area contributed by atoms with Gasteiger partial charge in [-0.1, -0.05) is 20.8 Å². The lowest BCUT2D eigenvalue weighted by Gasteiger charge is -2.13. The van der Waals surface area contributed by atoms with E-state index < -0.39 is 0 Å². The van der Waals surface area contributed by atoms with Crippen molar-refractivity contribution in [1.29, 1.82) is 0 Å². The van der Waals surface area contributed by atoms with Crippen molar-refractivity contribution in [1.82, 2.24) is 19.7 Å². The third kappa shape index (κ3) is 1.80. The molecule has 2 heterocycles. The lowest BCUT2D eigenvalue weighted by atomic mass is 9.92. The molecule has 0 aliphatic heterocycles. The zero-order chi connectivity index (χ0) is 11.9. The Labute approximate surface area is 94.7 Å². The van der Waals surface area contributed by atoms with Gasteiger partial charge in [0.25, 0.3) is 0 Å². The predicted octanol–water partition coefficient (Wildman–Crippen LogP) is 1.69. The molecule has 0 spiro atoms. The van der Waals surface area contributed by atoms with E-state index in [0.717, 1.165) is 17.1 Å². The highest BCUT2D eigenvalue weighted by atomic mass is 15.3. The smallest absolute Gasteiger partial charge is 0.197 e. The average Bonchev–Trinajstić information content (AvgIpc) is 2.70. The van der Waals surface area contributed by atoms with Crippen molar-refractivity contribution < 1.29 is 0 Å². The van der Waals surface area contributed by atoms with E-state index in [2.05, 4.69) is 41.9 Å². The largest absolute Gasteiger partial charge is 0.369 e. The van der Waals surface area contributed by atoms with E-state index in [4.69, 9.17) is 5.73 Å². The average molecular weight is 219 g/mol. The number of aryl methyl sites for hydroxylation is 1. The van der Waals surface area contributed by atoms with Gasteiger partial charge < -0.3 is 10.7 Å². The third-order valence-corrected chi connectivity index (χ3v) is 2.52. The van der Waals surface area contributed by atoms with Crippen LogP contribution in [-0.4, -0.2) is 19.7 Å². The Kier molecular flexibility index (Phi) is 2.26. The SMILES string of the molecule is Cn1nc(C(C)(C)C)cc1-c1cnc(N)[nH]1. The first-order valence-corrected chi connectivity index (χ1v) is 5.23. The molecule has 2 aromatic rings. The molecule has 0 aliphatic carbocycles. The summed E-state index contributed by atoms with van der Waals surface area (Å²) in [5.41, 5.74) is 8.55. The van der Waals surface area contributed by atoms with E-state index in [-0.39, 0.29) is 5.41 Å². The summed E-state index contributed by atoms with van der Waals surface area (Å²) in [5.74, 6) is 0.425. The first kappa shape index (κ1) is 10.7. The fourth-order valence-corrected chi connectivity index (χ4v) is 1.55. The zero-order valence-corrected chi connectivity index (χ0v) is 10.1. The molecule has 0 saturated carbocycles. The minimum absolute atomic E-state index is 0.0432. The summed E-state index contributed by atoms with van der Waals surface area (Å²) >= 11 is 0. The highest BCUT2D eigenvalue weighted by Crippen LogP contribution is 2.25. The van der Waals surface area contributed by atoms with Crippen LogP contribution in [0, 0.1) is 0 Å². The number of nitrogens with zero attached hydrogens (tertiary/aromatic N) is 3. The van der Waals surface area contributed by atoms with E-state index in [1.54, 1.807) is 6.20 Å². The number of nitrogen functional groups attached to an aromatic ring is 1. The van der Waals surface area contributed by atoms with Crippen molar-refractivity contribution >= 4 is 5.95 Å². The summed E-state index contributed by atoms with van der Waals surface area (Å²) in [4.78, 5) is 6.99. The minimum atomic E-state index is 0.0432. The number of H-pyrrole nitrogens is 1. The van der Waals surface area contributed by atoms with Crippen LogP contribution in [0.4, 0.5) is 5.95 Å². The molecule has 5 heteroatoms. The highest BCUT2D eigenvalue weighted by molar-refractivity contribution is 5.56. The van der Waals surface area contributed by atoms with Crippen molar-refractivity contribution in [3.63, 3.8) is 0 Å². The van der Waals surface area contributed by atoms with Gasteiger partial charge in [-0.3, -0.25) is 4.68 Å². The molecular formula is C11H17N5. The second kappa shape index (κ2) is 3.37. The van der Waals surface area contributed by atoms with Crippen molar-refractivity contribution in [2.24, 2.45) is 7.05 Å². The fourth-order valence-electron chi connectivity index (χ4n) is 1.55. The van der Waals surface area contributed by atoms with Crippen molar-refractivity contribution in [3.05, 3.63) is 18.0 Å². The van der Waals surface area contributed by atoms with Crippen LogP contribution in [0.2, 0.25) is 0 Å². The maximum Gasteiger partial charge on any atom is 0.197 e. The Balaban J connectivity index is 2.47. The van der Waals surface area contributed by atoms with E-state index >= 15 is 0 Å². The van der Waals surface area contributed by atoms with Crippen LogP contribution in [0.25, 0.3) is 11.4 Å². The van der Waals surface area contributed by atoms with Crippen LogP contribution in [0.3, 0.4) is 0 Å². The zero-order valence-electron chi connectivity index (χ0n) is 10.1. The second-order valence-corrected chi connectivity index (χ2v) is 4.97. The highest BCUT2D eigenvalue weighted by Gasteiger charge is 2.19. The topological polar surface area (TPSA) is 72.5 Å². The van der Waals surface area contributed by atoms with Crippen molar-refractivity contribution in [2.45, 2.75) is 26.2 Å². The number of aromatic nitrogens is 4. The molecule has 0 atom stereocenters. The molecule has 0 aromatic carbocycles. The van der Waals surface area contributed by atoms with Gasteiger partial charge in [-0.25, -0.2) is 4.98 Å². The van der Waals surface area contributed by atoms with E-state index in [9.17, 15) is 0 Å². The standard InChI is InChI=1S/C11H17N5/c1-11(2,3)9-5-8(16(4)15-9)7-6-13-10(12)14-7/h5-6H,1-4H3,(H3,12,13,14). The summed E-state index contributed by atoms with van der Waals surface area (Å²) in [6.45, 7) is 6.42. The second-order valence-electron chi connectivity index (χ2n) is 4.97. The molecule has 0 amide bonds. The molecule has 16 heavy (non-hydrogen) atoms. The Morgan fingerprint density at radius 2 is 2.06 bits per heavy atom. The summed E-state index contributed by atoms with van der Waals surface area (Å²) in [5, 5.41) is 4.50. The van der Waals surface area contributed by atoms with Crippen LogP contribution in [-0.2, 0) is 12.5 Å². The van der Waals surface area contributed by atoms with Crippen molar-refractivity contribution in [3.8, 4) is 11.4 Å². The molecule has 3 N–H and O–H groups in total. The maximum atomic E-state index is 5.56. The van der Waals surface area contributed by atoms with E-state index in [1.807, 2.05) is 11.7 Å². The van der Waals surface area contributed by atoms with E-state index in [1.165, 1.54) is 0 Å². The number of hydrogen-bond acceptors (Lipinski definition) is 3. The van der Waals surface area contributed by atoms with E-state index in [0.29, 0.717) is 5.95 Å². The van der Waals surface area contributed by atoms with Crippen LogP contribution in [0.15, 0.2) is 12.3 Å². The number of hydrogen-bond donors (Lipinski definition) is 2. The Bertz CT molecular complexity index is 501. The van der Waals surface area contributed by atoms with Crippen LogP contribution >= 0.6 is 0 Å². The van der Waals surface area contributed by atoms with Gasteiger partial charge in [-0.2, -0.15) is 5.10 Å². The summed E-state index contributed by atoms with van der Waals surface area (Å²) in [6.07, 6.45) is 1.72. The Morgan fingerprint density at radius 1 is 1.38 bits per heavy atom. The van der Waals surface area contributed by atoms with Crippen LogP contribution in [0.1, 0.15) is 26.5 Å². The molecule has 0 saturated heterocycles. The van der Waals surface area contributed by atoms with Gasteiger partial charge in [0.1, 0.15) is 0 Å². The molecule has 86 valence electrons. The normalized spacial score (nSPS) is 12.0. The molecule has 5 nitrogen and oxygen atoms in total. The number of nitrogens with one attached hydrogen (secondary N) is 1. The molecule has 0 radical (unpaired) electrons. The molecule has 0 unspecified atom stereocenters. The molecule has 0 bridgehead atoms. The maximum absolute atomic E-state index is 5.56. The first-order valence-electron chi connectivity index (χ1n) is 5.23. The summed E-state index contributed by atoms with van der Waals surface area (Å²) < 4.78 is 1.84. The van der Waals surface area contributed by atoms with Gasteiger partial charge in [0.15, 0.2) is 5.95 Å². The number of nitrogens with two attached hydrogens (primary N) is 1. The van der Waals surface area contributed by atoms with Gasteiger partial charge >= 0.3 is 0 Å².